The van der Waals surface area contributed by atoms with Gasteiger partial charge < -0.3 is 9.72 Å². The molecular weight excluding hydrogens is 326 g/mol. The molecule has 24 heavy (non-hydrogen) atoms. The van der Waals surface area contributed by atoms with Crippen LogP contribution in [0.4, 0.5) is 0 Å². The van der Waals surface area contributed by atoms with Crippen LogP contribution in [0.2, 0.25) is 0 Å². The van der Waals surface area contributed by atoms with E-state index in [0.29, 0.717) is 10.7 Å². The number of nitriles is 1. The van der Waals surface area contributed by atoms with Gasteiger partial charge in [-0.15, -0.1) is 0 Å². The number of H-pyrrole nitrogens is 1. The van der Waals surface area contributed by atoms with E-state index < -0.39 is 17.1 Å². The van der Waals surface area contributed by atoms with E-state index in [1.807, 2.05) is 6.07 Å². The highest BCUT2D eigenvalue weighted by Gasteiger charge is 2.23. The molecule has 1 aromatic carbocycles. The fourth-order valence-electron chi connectivity index (χ4n) is 2.05. The smallest absolute Gasteiger partial charge is 0.339 e. The van der Waals surface area contributed by atoms with Crippen molar-refractivity contribution in [3.63, 3.8) is 0 Å². The van der Waals surface area contributed by atoms with Crippen LogP contribution in [0.5, 0.6) is 0 Å². The Balaban J connectivity index is 2.67. The van der Waals surface area contributed by atoms with Crippen molar-refractivity contribution in [1.29, 1.82) is 5.26 Å². The zero-order valence-electron chi connectivity index (χ0n) is 13.8. The quantitative estimate of drug-likeness (QED) is 0.523. The number of ether oxygens (including phenoxy) is 1. The van der Waals surface area contributed by atoms with Crippen molar-refractivity contribution in [1.82, 2.24) is 9.97 Å². The molecule has 0 saturated carbocycles. The molecule has 6 nitrogen and oxygen atoms in total. The third-order valence-corrected chi connectivity index (χ3v) is 3.58. The highest BCUT2D eigenvalue weighted by molar-refractivity contribution is 7.98. The average molecular weight is 343 g/mol. The number of thioether (sulfide) groups is 1. The van der Waals surface area contributed by atoms with Crippen molar-refractivity contribution in [2.24, 2.45) is 0 Å². The molecule has 0 aliphatic rings. The number of benzene rings is 1. The molecule has 0 bridgehead atoms. The molecule has 0 aliphatic heterocycles. The van der Waals surface area contributed by atoms with Crippen molar-refractivity contribution in [3.05, 3.63) is 45.7 Å². The fraction of sp³-hybridized carbons (Fsp3) is 0.294. The minimum absolute atomic E-state index is 0.135. The van der Waals surface area contributed by atoms with Gasteiger partial charge in [-0.05, 0) is 33.1 Å². The van der Waals surface area contributed by atoms with Gasteiger partial charge in [0.2, 0.25) is 0 Å². The number of carbonyl (C=O) groups excluding carboxylic acids is 1. The summed E-state index contributed by atoms with van der Waals surface area (Å²) in [7, 11) is 0. The van der Waals surface area contributed by atoms with E-state index in [1.165, 1.54) is 11.8 Å². The number of nitrogens with one attached hydrogen (secondary N) is 1. The van der Waals surface area contributed by atoms with Crippen molar-refractivity contribution in [2.45, 2.75) is 31.5 Å². The summed E-state index contributed by atoms with van der Waals surface area (Å²) in [5, 5.41) is 9.68. The number of carbonyl (C=O) groups is 1. The zero-order valence-corrected chi connectivity index (χ0v) is 14.7. The van der Waals surface area contributed by atoms with Crippen molar-refractivity contribution in [2.75, 3.05) is 6.26 Å². The Morgan fingerprint density at radius 2 is 2.00 bits per heavy atom. The Hall–Kier alpha value is -2.59. The van der Waals surface area contributed by atoms with Crippen LogP contribution in [0.15, 0.2) is 34.2 Å². The first-order valence-electron chi connectivity index (χ1n) is 7.18. The van der Waals surface area contributed by atoms with Gasteiger partial charge in [0.15, 0.2) is 5.16 Å². The van der Waals surface area contributed by atoms with Crippen molar-refractivity contribution < 1.29 is 9.53 Å². The minimum Gasteiger partial charge on any atom is -0.456 e. The second-order valence-electron chi connectivity index (χ2n) is 5.96. The average Bonchev–Trinajstić information content (AvgIpc) is 2.52. The molecule has 1 aromatic heterocycles. The standard InChI is InChI=1S/C17H17N3O3S/c1-17(2,3)23-15(22)11-8-6-5-7-10(11)13-12(9-18)14(21)20-16(19-13)24-4/h5-8H,1-4H3,(H,19,20,21). The van der Waals surface area contributed by atoms with Gasteiger partial charge in [-0.2, -0.15) is 5.26 Å². The number of esters is 1. The summed E-state index contributed by atoms with van der Waals surface area (Å²) < 4.78 is 5.41. The summed E-state index contributed by atoms with van der Waals surface area (Å²) >= 11 is 1.24. The largest absolute Gasteiger partial charge is 0.456 e. The number of hydrogen-bond donors (Lipinski definition) is 1. The van der Waals surface area contributed by atoms with Gasteiger partial charge in [-0.3, -0.25) is 4.79 Å². The molecule has 0 saturated heterocycles. The Labute approximate surface area is 143 Å². The minimum atomic E-state index is -0.658. The summed E-state index contributed by atoms with van der Waals surface area (Å²) in [6.07, 6.45) is 1.76. The molecular formula is C17H17N3O3S. The molecule has 0 spiro atoms. The lowest BCUT2D eigenvalue weighted by Gasteiger charge is -2.20. The molecule has 0 unspecified atom stereocenters. The number of rotatable bonds is 3. The lowest BCUT2D eigenvalue weighted by Crippen LogP contribution is -2.24. The van der Waals surface area contributed by atoms with Gasteiger partial charge in [0.25, 0.3) is 5.56 Å². The maximum Gasteiger partial charge on any atom is 0.339 e. The van der Waals surface area contributed by atoms with Crippen LogP contribution in [-0.4, -0.2) is 27.8 Å². The summed E-state index contributed by atoms with van der Waals surface area (Å²) in [5.41, 5.74) is -0.505. The van der Waals surface area contributed by atoms with E-state index in [4.69, 9.17) is 4.74 Å². The van der Waals surface area contributed by atoms with Crippen LogP contribution in [0.3, 0.4) is 0 Å². The van der Waals surface area contributed by atoms with Crippen LogP contribution < -0.4 is 5.56 Å². The van der Waals surface area contributed by atoms with Crippen LogP contribution in [-0.2, 0) is 4.74 Å². The molecule has 2 aromatic rings. The van der Waals surface area contributed by atoms with Crippen molar-refractivity contribution >= 4 is 17.7 Å². The number of aromatic amines is 1. The maximum atomic E-state index is 12.5. The van der Waals surface area contributed by atoms with Crippen LogP contribution in [0, 0.1) is 11.3 Å². The molecule has 0 atom stereocenters. The van der Waals surface area contributed by atoms with Gasteiger partial charge in [0.1, 0.15) is 17.2 Å². The molecule has 0 radical (unpaired) electrons. The number of aromatic nitrogens is 2. The monoisotopic (exact) mass is 343 g/mol. The zero-order chi connectivity index (χ0) is 17.9. The Morgan fingerprint density at radius 3 is 2.58 bits per heavy atom. The predicted molar refractivity (Wildman–Crippen MR) is 92.0 cm³/mol. The van der Waals surface area contributed by atoms with E-state index in [1.54, 1.807) is 51.3 Å². The van der Waals surface area contributed by atoms with Crippen LogP contribution in [0.25, 0.3) is 11.3 Å². The first-order chi connectivity index (χ1) is 11.3. The molecule has 1 heterocycles. The van der Waals surface area contributed by atoms with Gasteiger partial charge >= 0.3 is 5.97 Å². The molecule has 0 aliphatic carbocycles. The maximum absolute atomic E-state index is 12.5. The molecule has 1 N–H and O–H groups in total. The van der Waals surface area contributed by atoms with Gasteiger partial charge in [-0.25, -0.2) is 9.78 Å². The third kappa shape index (κ3) is 3.84. The fourth-order valence-corrected chi connectivity index (χ4v) is 2.43. The van der Waals surface area contributed by atoms with Gasteiger partial charge in [-0.1, -0.05) is 30.0 Å². The van der Waals surface area contributed by atoms with Crippen molar-refractivity contribution in [3.8, 4) is 17.3 Å². The second kappa shape index (κ2) is 6.89. The van der Waals surface area contributed by atoms with E-state index in [9.17, 15) is 14.9 Å². The Kier molecular flexibility index (Phi) is 5.10. The molecule has 0 fully saturated rings. The summed E-state index contributed by atoms with van der Waals surface area (Å²) in [6.45, 7) is 5.31. The SMILES string of the molecule is CSc1nc(-c2ccccc2C(=O)OC(C)(C)C)c(C#N)c(=O)[nH]1. The van der Waals surface area contributed by atoms with Crippen LogP contribution in [0.1, 0.15) is 36.7 Å². The molecule has 2 rings (SSSR count). The summed E-state index contributed by atoms with van der Waals surface area (Å²) in [4.78, 5) is 31.4. The molecule has 7 heteroatoms. The van der Waals surface area contributed by atoms with Gasteiger partial charge in [0, 0.05) is 5.56 Å². The lowest BCUT2D eigenvalue weighted by molar-refractivity contribution is 0.00704. The highest BCUT2D eigenvalue weighted by Crippen LogP contribution is 2.26. The number of hydrogen-bond acceptors (Lipinski definition) is 6. The third-order valence-electron chi connectivity index (χ3n) is 3.00. The topological polar surface area (TPSA) is 95.8 Å². The molecule has 124 valence electrons. The lowest BCUT2D eigenvalue weighted by atomic mass is 10.0. The highest BCUT2D eigenvalue weighted by atomic mass is 32.2. The Bertz CT molecular complexity index is 876. The normalized spacial score (nSPS) is 11.0. The molecule has 0 amide bonds. The number of nitrogens with zero attached hydrogens (tertiary/aromatic N) is 2. The van der Waals surface area contributed by atoms with E-state index in [2.05, 4.69) is 9.97 Å². The first kappa shape index (κ1) is 17.8. The predicted octanol–water partition coefficient (Wildman–Crippen LogP) is 2.99. The van der Waals surface area contributed by atoms with Crippen LogP contribution >= 0.6 is 11.8 Å². The Morgan fingerprint density at radius 1 is 1.33 bits per heavy atom. The van der Waals surface area contributed by atoms with E-state index in [-0.39, 0.29) is 16.8 Å². The summed E-state index contributed by atoms with van der Waals surface area (Å²) in [5.74, 6) is -0.533. The first-order valence-corrected chi connectivity index (χ1v) is 8.40. The second-order valence-corrected chi connectivity index (χ2v) is 6.75. The van der Waals surface area contributed by atoms with Gasteiger partial charge in [0.05, 0.1) is 11.3 Å². The van der Waals surface area contributed by atoms with E-state index >= 15 is 0 Å². The summed E-state index contributed by atoms with van der Waals surface area (Å²) in [6, 6.07) is 8.50. The van der Waals surface area contributed by atoms with E-state index in [0.717, 1.165) is 0 Å².